The Labute approximate surface area is 101 Å². The lowest BCUT2D eigenvalue weighted by molar-refractivity contribution is -0.138. The molecule has 6 amide bonds. The van der Waals surface area contributed by atoms with Gasteiger partial charge in [-0.1, -0.05) is 6.92 Å². The van der Waals surface area contributed by atoms with Crippen LogP contribution in [-0.2, 0) is 19.2 Å². The van der Waals surface area contributed by atoms with Crippen LogP contribution in [0.3, 0.4) is 0 Å². The Morgan fingerprint density at radius 3 is 2.06 bits per heavy atom. The van der Waals surface area contributed by atoms with Gasteiger partial charge < -0.3 is 0 Å². The molecule has 0 aliphatic carbocycles. The van der Waals surface area contributed by atoms with Crippen LogP contribution in [0.2, 0.25) is 0 Å². The van der Waals surface area contributed by atoms with Crippen molar-refractivity contribution in [2.45, 2.75) is 19.8 Å². The predicted molar refractivity (Wildman–Crippen MR) is 55.7 cm³/mol. The van der Waals surface area contributed by atoms with Gasteiger partial charge in [0, 0.05) is 6.42 Å². The first-order valence-corrected chi connectivity index (χ1v) is 5.32. The largest absolute Gasteiger partial charge is 0.328 e. The van der Waals surface area contributed by atoms with Crippen molar-refractivity contribution in [3.8, 4) is 0 Å². The molecule has 2 fully saturated rings. The summed E-state index contributed by atoms with van der Waals surface area (Å²) in [4.78, 5) is 56.6. The van der Waals surface area contributed by atoms with Crippen LogP contribution in [-0.4, -0.2) is 29.7 Å². The highest BCUT2D eigenvalue weighted by molar-refractivity contribution is 6.16. The molecule has 0 radical (unpaired) electrons. The van der Waals surface area contributed by atoms with Crippen LogP contribution in [0.15, 0.2) is 0 Å². The van der Waals surface area contributed by atoms with Crippen molar-refractivity contribution >= 4 is 29.7 Å². The number of hydrogen-bond donors (Lipinski definition) is 3. The molecule has 2 aliphatic heterocycles. The van der Waals surface area contributed by atoms with Crippen molar-refractivity contribution in [2.75, 3.05) is 0 Å². The first-order valence-electron chi connectivity index (χ1n) is 5.32. The molecular weight excluding hydrogens is 242 g/mol. The van der Waals surface area contributed by atoms with Gasteiger partial charge in [-0.3, -0.25) is 35.1 Å². The number of hydrogen-bond acceptors (Lipinski definition) is 5. The maximum Gasteiger partial charge on any atom is 0.328 e. The second kappa shape index (κ2) is 3.90. The normalized spacial score (nSPS) is 29.1. The number of rotatable bonds is 2. The van der Waals surface area contributed by atoms with Gasteiger partial charge in [-0.05, 0) is 6.42 Å². The van der Waals surface area contributed by atoms with Crippen LogP contribution in [0.25, 0.3) is 0 Å². The Kier molecular flexibility index (Phi) is 2.64. The molecule has 2 saturated heterocycles. The number of imide groups is 3. The third kappa shape index (κ3) is 1.96. The van der Waals surface area contributed by atoms with E-state index in [9.17, 15) is 24.0 Å². The molecule has 1 unspecified atom stereocenters. The van der Waals surface area contributed by atoms with Crippen LogP contribution < -0.4 is 16.0 Å². The molecule has 0 saturated carbocycles. The quantitative estimate of drug-likeness (QED) is 0.404. The Bertz CT molecular complexity index is 466. The topological polar surface area (TPSA) is 121 Å². The fraction of sp³-hybridized carbons (Fsp3) is 0.500. The number of barbiturate groups is 1. The Morgan fingerprint density at radius 2 is 1.61 bits per heavy atom. The molecule has 0 aromatic carbocycles. The zero-order valence-corrected chi connectivity index (χ0v) is 9.53. The Balaban J connectivity index is 2.16. The smallest absolute Gasteiger partial charge is 0.296 e. The first kappa shape index (κ1) is 12.2. The highest BCUT2D eigenvalue weighted by Crippen LogP contribution is 2.34. The summed E-state index contributed by atoms with van der Waals surface area (Å²) in [6.07, 6.45) is -0.188. The number of carbonyl (C=O) groups excluding carboxylic acids is 5. The van der Waals surface area contributed by atoms with Gasteiger partial charge >= 0.3 is 6.03 Å². The molecule has 0 spiro atoms. The average Bonchev–Trinajstić information content (AvgIpc) is 2.47. The molecule has 1 atom stereocenters. The minimum atomic E-state index is -1.15. The van der Waals surface area contributed by atoms with E-state index in [1.54, 1.807) is 0 Å². The summed E-state index contributed by atoms with van der Waals surface area (Å²) in [7, 11) is 0. The van der Waals surface area contributed by atoms with Gasteiger partial charge in [0.15, 0.2) is 0 Å². The lowest BCUT2D eigenvalue weighted by atomic mass is 9.78. The van der Waals surface area contributed by atoms with E-state index in [4.69, 9.17) is 0 Å². The van der Waals surface area contributed by atoms with Crippen molar-refractivity contribution < 1.29 is 24.0 Å². The van der Waals surface area contributed by atoms with Crippen molar-refractivity contribution in [3.05, 3.63) is 0 Å². The van der Waals surface area contributed by atoms with Gasteiger partial charge in [-0.25, -0.2) is 4.79 Å². The molecule has 2 heterocycles. The van der Waals surface area contributed by atoms with E-state index >= 15 is 0 Å². The van der Waals surface area contributed by atoms with Crippen LogP contribution in [0, 0.1) is 11.3 Å². The maximum absolute atomic E-state index is 11.6. The van der Waals surface area contributed by atoms with Gasteiger partial charge in [0.05, 0.1) is 5.41 Å². The van der Waals surface area contributed by atoms with E-state index in [0.29, 0.717) is 0 Å². The van der Waals surface area contributed by atoms with E-state index < -0.39 is 41.0 Å². The molecule has 0 aromatic rings. The van der Waals surface area contributed by atoms with E-state index in [0.717, 1.165) is 0 Å². The summed E-state index contributed by atoms with van der Waals surface area (Å²) >= 11 is 0. The van der Waals surface area contributed by atoms with Gasteiger partial charge in [0.1, 0.15) is 5.92 Å². The number of nitrogens with one attached hydrogen (secondary N) is 3. The minimum absolute atomic E-state index is 0.0726. The average molecular weight is 253 g/mol. The molecule has 0 aromatic heterocycles. The fourth-order valence-corrected chi connectivity index (χ4v) is 2.11. The van der Waals surface area contributed by atoms with Crippen LogP contribution in [0.1, 0.15) is 19.8 Å². The van der Waals surface area contributed by atoms with Gasteiger partial charge in [0.25, 0.3) is 0 Å². The number of carbonyl (C=O) groups is 5. The zero-order chi connectivity index (χ0) is 13.5. The highest BCUT2D eigenvalue weighted by Gasteiger charge is 2.48. The van der Waals surface area contributed by atoms with Crippen LogP contribution in [0.4, 0.5) is 4.79 Å². The lowest BCUT2D eigenvalue weighted by Crippen LogP contribution is -2.56. The SMILES string of the molecule is CC1(CC2C(=O)NC(=O)NC2=O)CC(=O)NC1=O. The van der Waals surface area contributed by atoms with Crippen molar-refractivity contribution in [2.24, 2.45) is 11.3 Å². The summed E-state index contributed by atoms with van der Waals surface area (Å²) in [5, 5.41) is 6.03. The molecular formula is C10H11N3O5. The third-order valence-electron chi connectivity index (χ3n) is 3.11. The monoisotopic (exact) mass is 253 g/mol. The Hall–Kier alpha value is -2.25. The van der Waals surface area contributed by atoms with Crippen molar-refractivity contribution in [1.29, 1.82) is 0 Å². The number of urea groups is 1. The van der Waals surface area contributed by atoms with E-state index in [1.165, 1.54) is 6.92 Å². The van der Waals surface area contributed by atoms with Gasteiger partial charge in [0.2, 0.25) is 23.6 Å². The molecule has 2 rings (SSSR count). The van der Waals surface area contributed by atoms with Crippen LogP contribution >= 0.6 is 0 Å². The summed E-state index contributed by atoms with van der Waals surface area (Å²) in [6, 6.07) is -0.877. The molecule has 8 nitrogen and oxygen atoms in total. The second-order valence-corrected chi connectivity index (χ2v) is 4.68. The molecule has 3 N–H and O–H groups in total. The van der Waals surface area contributed by atoms with Crippen LogP contribution in [0.5, 0.6) is 0 Å². The van der Waals surface area contributed by atoms with Crippen molar-refractivity contribution in [1.82, 2.24) is 16.0 Å². The fourth-order valence-electron chi connectivity index (χ4n) is 2.11. The summed E-state index contributed by atoms with van der Waals surface area (Å²) in [5.41, 5.74) is -1.10. The lowest BCUT2D eigenvalue weighted by Gasteiger charge is -2.27. The summed E-state index contributed by atoms with van der Waals surface area (Å²) in [5.74, 6) is -3.60. The summed E-state index contributed by atoms with van der Waals surface area (Å²) in [6.45, 7) is 1.50. The van der Waals surface area contributed by atoms with E-state index in [2.05, 4.69) is 5.32 Å². The van der Waals surface area contributed by atoms with E-state index in [1.807, 2.05) is 10.6 Å². The molecule has 2 aliphatic rings. The zero-order valence-electron chi connectivity index (χ0n) is 9.53. The first-order chi connectivity index (χ1) is 8.32. The minimum Gasteiger partial charge on any atom is -0.296 e. The molecule has 0 bridgehead atoms. The molecule has 18 heavy (non-hydrogen) atoms. The predicted octanol–water partition coefficient (Wildman–Crippen LogP) is -1.59. The number of amides is 6. The van der Waals surface area contributed by atoms with Gasteiger partial charge in [-0.15, -0.1) is 0 Å². The molecule has 8 heteroatoms. The second-order valence-electron chi connectivity index (χ2n) is 4.68. The standard InChI is InChI=1S/C10H11N3O5/c1-10(3-5(14)11-8(10)17)2-4-6(15)12-9(18)13-7(4)16/h4H,2-3H2,1H3,(H,11,14,17)(H2,12,13,15,16,18). The maximum atomic E-state index is 11.6. The van der Waals surface area contributed by atoms with Crippen molar-refractivity contribution in [3.63, 3.8) is 0 Å². The molecule has 96 valence electrons. The van der Waals surface area contributed by atoms with Gasteiger partial charge in [-0.2, -0.15) is 0 Å². The van der Waals surface area contributed by atoms with E-state index in [-0.39, 0.29) is 12.8 Å². The Morgan fingerprint density at radius 1 is 1.06 bits per heavy atom. The highest BCUT2D eigenvalue weighted by atomic mass is 16.2. The summed E-state index contributed by atoms with van der Waals surface area (Å²) < 4.78 is 0. The third-order valence-corrected chi connectivity index (χ3v) is 3.11.